The van der Waals surface area contributed by atoms with E-state index in [1.54, 1.807) is 4.90 Å². The van der Waals surface area contributed by atoms with Crippen LogP contribution in [0.25, 0.3) is 0 Å². The number of nitrogens with zero attached hydrogens (tertiary/aromatic N) is 2. The third kappa shape index (κ3) is 2.61. The number of para-hydroxylation sites is 2. The lowest BCUT2D eigenvalue weighted by Crippen LogP contribution is -2.46. The van der Waals surface area contributed by atoms with Crippen LogP contribution in [0, 0.1) is 5.92 Å². The maximum Gasteiger partial charge on any atom is 0.244 e. The summed E-state index contributed by atoms with van der Waals surface area (Å²) in [6, 6.07) is 7.57. The number of aliphatic imine (C=N–C) groups is 1. The molecule has 18 heavy (non-hydrogen) atoms. The van der Waals surface area contributed by atoms with E-state index in [2.05, 4.69) is 24.2 Å². The highest BCUT2D eigenvalue weighted by molar-refractivity contribution is 6.10. The topological polar surface area (TPSA) is 70.7 Å². The van der Waals surface area contributed by atoms with Crippen molar-refractivity contribution in [1.82, 2.24) is 0 Å². The van der Waals surface area contributed by atoms with Gasteiger partial charge in [-0.05, 0) is 18.1 Å². The molecule has 0 radical (unpaired) electrons. The molecular formula is C13H18N4O. The maximum atomic E-state index is 11.6. The van der Waals surface area contributed by atoms with E-state index < -0.39 is 0 Å². The summed E-state index contributed by atoms with van der Waals surface area (Å²) in [5.41, 5.74) is 7.64. The van der Waals surface area contributed by atoms with Gasteiger partial charge in [0.1, 0.15) is 6.54 Å². The highest BCUT2D eigenvalue weighted by atomic mass is 16.2. The van der Waals surface area contributed by atoms with Crippen LogP contribution in [0.3, 0.4) is 0 Å². The van der Waals surface area contributed by atoms with Crippen LogP contribution >= 0.6 is 0 Å². The molecule has 0 bridgehead atoms. The van der Waals surface area contributed by atoms with Crippen molar-refractivity contribution >= 4 is 23.2 Å². The fraction of sp³-hybridized carbons (Fsp3) is 0.385. The second-order valence-corrected chi connectivity index (χ2v) is 4.74. The molecule has 2 rings (SSSR count). The Kier molecular flexibility index (Phi) is 3.50. The summed E-state index contributed by atoms with van der Waals surface area (Å²) in [6.07, 6.45) is 0. The van der Waals surface area contributed by atoms with Gasteiger partial charge in [0, 0.05) is 6.54 Å². The fourth-order valence-corrected chi connectivity index (χ4v) is 1.80. The summed E-state index contributed by atoms with van der Waals surface area (Å²) in [7, 11) is 0. The number of hydrogen-bond donors (Lipinski definition) is 2. The van der Waals surface area contributed by atoms with Crippen LogP contribution in [0.15, 0.2) is 29.3 Å². The molecule has 1 amide bonds. The van der Waals surface area contributed by atoms with Gasteiger partial charge in [-0.3, -0.25) is 9.79 Å². The first-order valence-corrected chi connectivity index (χ1v) is 6.04. The normalized spacial score (nSPS) is 15.6. The van der Waals surface area contributed by atoms with Gasteiger partial charge in [0.05, 0.1) is 11.4 Å². The third-order valence-electron chi connectivity index (χ3n) is 2.67. The van der Waals surface area contributed by atoms with Gasteiger partial charge in [-0.1, -0.05) is 26.0 Å². The summed E-state index contributed by atoms with van der Waals surface area (Å²) in [5.74, 6) is 0.764. The lowest BCUT2D eigenvalue weighted by molar-refractivity contribution is -0.115. The number of amides is 1. The summed E-state index contributed by atoms with van der Waals surface area (Å²) < 4.78 is 0. The molecule has 1 aliphatic rings. The van der Waals surface area contributed by atoms with E-state index in [0.29, 0.717) is 18.4 Å². The van der Waals surface area contributed by atoms with Crippen LogP contribution in [-0.2, 0) is 4.79 Å². The van der Waals surface area contributed by atoms with Gasteiger partial charge >= 0.3 is 0 Å². The quantitative estimate of drug-likeness (QED) is 0.612. The van der Waals surface area contributed by atoms with Crippen LogP contribution in [0.5, 0.6) is 0 Å². The first-order valence-electron chi connectivity index (χ1n) is 6.04. The third-order valence-corrected chi connectivity index (χ3v) is 2.67. The molecule has 1 aromatic carbocycles. The first-order chi connectivity index (χ1) is 8.58. The van der Waals surface area contributed by atoms with Gasteiger partial charge < -0.3 is 16.0 Å². The average molecular weight is 246 g/mol. The number of nitrogens with two attached hydrogens (primary N) is 1. The number of fused-ring (bicyclic) bond motifs is 1. The van der Waals surface area contributed by atoms with Crippen molar-refractivity contribution in [3.8, 4) is 0 Å². The molecule has 0 aliphatic carbocycles. The second kappa shape index (κ2) is 5.08. The predicted octanol–water partition coefficient (Wildman–Crippen LogP) is 1.42. The van der Waals surface area contributed by atoms with Gasteiger partial charge in [-0.25, -0.2) is 0 Å². The molecule has 0 saturated heterocycles. The Morgan fingerprint density at radius 2 is 2.22 bits per heavy atom. The highest BCUT2D eigenvalue weighted by Gasteiger charge is 2.23. The average Bonchev–Trinajstić information content (AvgIpc) is 2.34. The Bertz CT molecular complexity index is 482. The molecule has 1 aromatic rings. The molecule has 0 unspecified atom stereocenters. The molecule has 1 heterocycles. The van der Waals surface area contributed by atoms with E-state index in [0.717, 1.165) is 11.4 Å². The Balaban J connectivity index is 2.28. The Labute approximate surface area is 107 Å². The summed E-state index contributed by atoms with van der Waals surface area (Å²) >= 11 is 0. The fourth-order valence-electron chi connectivity index (χ4n) is 1.80. The molecule has 0 aromatic heterocycles. The van der Waals surface area contributed by atoms with Crippen molar-refractivity contribution in [1.29, 1.82) is 0 Å². The van der Waals surface area contributed by atoms with E-state index in [1.165, 1.54) is 0 Å². The number of carbonyl (C=O) groups is 1. The number of carbonyl (C=O) groups excluding carboxylic acids is 1. The number of anilines is 2. The van der Waals surface area contributed by atoms with Crippen LogP contribution in [0.2, 0.25) is 0 Å². The second-order valence-electron chi connectivity index (χ2n) is 4.74. The Hall–Kier alpha value is -2.04. The highest BCUT2D eigenvalue weighted by Crippen LogP contribution is 2.28. The smallest absolute Gasteiger partial charge is 0.244 e. The standard InChI is InChI=1S/C13H18N4O/c1-9(2)7-15-13(14)17-8-12(18)16-10-5-3-4-6-11(10)17/h3-6,9H,7-8H2,1-2H3,(H2,14,15)(H,16,18). The van der Waals surface area contributed by atoms with Crippen molar-refractivity contribution in [2.75, 3.05) is 23.3 Å². The largest absolute Gasteiger partial charge is 0.370 e. The minimum Gasteiger partial charge on any atom is -0.370 e. The van der Waals surface area contributed by atoms with Crippen LogP contribution < -0.4 is 16.0 Å². The zero-order valence-corrected chi connectivity index (χ0v) is 10.7. The zero-order chi connectivity index (χ0) is 13.1. The van der Waals surface area contributed by atoms with Crippen molar-refractivity contribution < 1.29 is 4.79 Å². The number of benzene rings is 1. The van der Waals surface area contributed by atoms with Gasteiger partial charge in [0.15, 0.2) is 5.96 Å². The molecule has 0 fully saturated rings. The summed E-state index contributed by atoms with van der Waals surface area (Å²) in [4.78, 5) is 17.7. The number of rotatable bonds is 2. The first kappa shape index (κ1) is 12.4. The molecule has 0 atom stereocenters. The van der Waals surface area contributed by atoms with E-state index in [9.17, 15) is 4.79 Å². The van der Waals surface area contributed by atoms with Crippen molar-refractivity contribution in [2.45, 2.75) is 13.8 Å². The van der Waals surface area contributed by atoms with Crippen molar-refractivity contribution in [2.24, 2.45) is 16.6 Å². The molecular weight excluding hydrogens is 228 g/mol. The molecule has 0 spiro atoms. The summed E-state index contributed by atoms with van der Waals surface area (Å²) in [6.45, 7) is 5.03. The van der Waals surface area contributed by atoms with Crippen LogP contribution in [0.1, 0.15) is 13.8 Å². The minimum atomic E-state index is -0.0728. The van der Waals surface area contributed by atoms with E-state index in [1.807, 2.05) is 24.3 Å². The van der Waals surface area contributed by atoms with Gasteiger partial charge in [-0.2, -0.15) is 0 Å². The molecule has 5 heteroatoms. The lowest BCUT2D eigenvalue weighted by atomic mass is 10.2. The van der Waals surface area contributed by atoms with Gasteiger partial charge in [0.2, 0.25) is 5.91 Å². The van der Waals surface area contributed by atoms with Crippen molar-refractivity contribution in [3.05, 3.63) is 24.3 Å². The van der Waals surface area contributed by atoms with Gasteiger partial charge in [0.25, 0.3) is 0 Å². The molecule has 1 aliphatic heterocycles. The molecule has 5 nitrogen and oxygen atoms in total. The van der Waals surface area contributed by atoms with Crippen LogP contribution in [-0.4, -0.2) is 25.0 Å². The van der Waals surface area contributed by atoms with Crippen molar-refractivity contribution in [3.63, 3.8) is 0 Å². The molecule has 0 saturated carbocycles. The maximum absolute atomic E-state index is 11.6. The monoisotopic (exact) mass is 246 g/mol. The Morgan fingerprint density at radius 3 is 2.94 bits per heavy atom. The SMILES string of the molecule is CC(C)CN=C(N)N1CC(=O)Nc2ccccc21. The number of guanidine groups is 1. The van der Waals surface area contributed by atoms with Gasteiger partial charge in [-0.15, -0.1) is 0 Å². The lowest BCUT2D eigenvalue weighted by Gasteiger charge is -2.29. The number of nitrogens with one attached hydrogen (secondary N) is 1. The Morgan fingerprint density at radius 1 is 1.50 bits per heavy atom. The predicted molar refractivity (Wildman–Crippen MR) is 73.7 cm³/mol. The van der Waals surface area contributed by atoms with E-state index in [4.69, 9.17) is 5.73 Å². The van der Waals surface area contributed by atoms with Crippen LogP contribution in [0.4, 0.5) is 11.4 Å². The zero-order valence-electron chi connectivity index (χ0n) is 10.7. The molecule has 96 valence electrons. The molecule has 3 N–H and O–H groups in total. The minimum absolute atomic E-state index is 0.0728. The number of hydrogen-bond acceptors (Lipinski definition) is 2. The van der Waals surface area contributed by atoms with E-state index in [-0.39, 0.29) is 12.5 Å². The van der Waals surface area contributed by atoms with E-state index >= 15 is 0 Å². The summed E-state index contributed by atoms with van der Waals surface area (Å²) in [5, 5.41) is 2.82.